The quantitative estimate of drug-likeness (QED) is 0.601. The topological polar surface area (TPSA) is 29.1 Å². The van der Waals surface area contributed by atoms with Crippen molar-refractivity contribution < 1.29 is 4.79 Å². The first-order valence-corrected chi connectivity index (χ1v) is 8.85. The fourth-order valence-corrected chi connectivity index (χ4v) is 3.71. The molecule has 110 valence electrons. The molecule has 1 heterocycles. The van der Waals surface area contributed by atoms with Crippen molar-refractivity contribution in [3.63, 3.8) is 0 Å². The highest BCUT2D eigenvalue weighted by molar-refractivity contribution is 14.1. The Bertz CT molecular complexity index is 756. The van der Waals surface area contributed by atoms with Crippen molar-refractivity contribution in [1.29, 1.82) is 0 Å². The second-order valence-corrected chi connectivity index (χ2v) is 6.95. The molecule has 0 saturated heterocycles. The number of hydrogen-bond donors (Lipinski definition) is 1. The number of halogens is 1. The minimum atomic E-state index is -0.121. The molecule has 1 atom stereocenters. The van der Waals surface area contributed by atoms with E-state index in [0.717, 1.165) is 14.0 Å². The lowest BCUT2D eigenvalue weighted by Gasteiger charge is -2.18. The Kier molecular flexibility index (Phi) is 4.90. The van der Waals surface area contributed by atoms with Crippen LogP contribution in [-0.4, -0.2) is 5.91 Å². The maximum absolute atomic E-state index is 12.6. The summed E-state index contributed by atoms with van der Waals surface area (Å²) in [5.74, 6) is -0.0488. The van der Waals surface area contributed by atoms with Gasteiger partial charge in [-0.15, -0.1) is 11.3 Å². The fraction of sp³-hybridized carbons (Fsp3) is 0.0556. The summed E-state index contributed by atoms with van der Waals surface area (Å²) in [4.78, 5) is 13.8. The molecule has 0 unspecified atom stereocenters. The Morgan fingerprint density at radius 3 is 2.36 bits per heavy atom. The molecule has 0 spiro atoms. The van der Waals surface area contributed by atoms with Gasteiger partial charge in [-0.05, 0) is 51.7 Å². The van der Waals surface area contributed by atoms with Crippen LogP contribution in [0.25, 0.3) is 0 Å². The molecule has 0 saturated carbocycles. The van der Waals surface area contributed by atoms with Crippen molar-refractivity contribution in [1.82, 2.24) is 5.32 Å². The van der Waals surface area contributed by atoms with E-state index in [1.807, 2.05) is 66.0 Å². The SMILES string of the molecule is O=C(N[C@@H](c1ccccc1)c1cccs1)c1ccccc1I. The average Bonchev–Trinajstić information content (AvgIpc) is 3.08. The molecule has 0 fully saturated rings. The fourth-order valence-electron chi connectivity index (χ4n) is 2.27. The first-order valence-electron chi connectivity index (χ1n) is 6.89. The summed E-state index contributed by atoms with van der Waals surface area (Å²) in [6, 6.07) is 21.6. The zero-order valence-corrected chi connectivity index (χ0v) is 14.7. The smallest absolute Gasteiger partial charge is 0.253 e. The molecular weight excluding hydrogens is 405 g/mol. The Hall–Kier alpha value is -1.66. The number of nitrogens with one attached hydrogen (secondary N) is 1. The number of rotatable bonds is 4. The van der Waals surface area contributed by atoms with E-state index in [4.69, 9.17) is 0 Å². The first kappa shape index (κ1) is 15.2. The van der Waals surface area contributed by atoms with Crippen LogP contribution in [0.5, 0.6) is 0 Å². The summed E-state index contributed by atoms with van der Waals surface area (Å²) in [5.41, 5.74) is 1.80. The predicted molar refractivity (Wildman–Crippen MR) is 99.2 cm³/mol. The number of thiophene rings is 1. The lowest BCUT2D eigenvalue weighted by atomic mass is 10.0. The van der Waals surface area contributed by atoms with Crippen LogP contribution < -0.4 is 5.32 Å². The van der Waals surface area contributed by atoms with Gasteiger partial charge in [0.05, 0.1) is 11.6 Å². The van der Waals surface area contributed by atoms with Crippen molar-refractivity contribution >= 4 is 39.8 Å². The lowest BCUT2D eigenvalue weighted by Crippen LogP contribution is -2.29. The standard InChI is InChI=1S/C18H14INOS/c19-15-10-5-4-9-14(15)18(21)20-17(16-11-6-12-22-16)13-7-2-1-3-8-13/h1-12,17H,(H,20,21)/t17-/m0/s1. The molecule has 4 heteroatoms. The van der Waals surface area contributed by atoms with E-state index in [1.165, 1.54) is 0 Å². The Labute approximate surface area is 147 Å². The third-order valence-electron chi connectivity index (χ3n) is 3.35. The molecule has 1 aromatic heterocycles. The van der Waals surface area contributed by atoms with Gasteiger partial charge in [0.15, 0.2) is 0 Å². The van der Waals surface area contributed by atoms with E-state index in [9.17, 15) is 4.79 Å². The number of carbonyl (C=O) groups is 1. The van der Waals surface area contributed by atoms with E-state index >= 15 is 0 Å². The van der Waals surface area contributed by atoms with Crippen LogP contribution in [-0.2, 0) is 0 Å². The maximum Gasteiger partial charge on any atom is 0.253 e. The van der Waals surface area contributed by atoms with Gasteiger partial charge in [-0.2, -0.15) is 0 Å². The summed E-state index contributed by atoms with van der Waals surface area (Å²) >= 11 is 3.84. The molecule has 0 bridgehead atoms. The van der Waals surface area contributed by atoms with Gasteiger partial charge in [-0.1, -0.05) is 48.5 Å². The van der Waals surface area contributed by atoms with Crippen LogP contribution in [0.2, 0.25) is 0 Å². The van der Waals surface area contributed by atoms with Gasteiger partial charge >= 0.3 is 0 Å². The van der Waals surface area contributed by atoms with E-state index in [-0.39, 0.29) is 11.9 Å². The minimum Gasteiger partial charge on any atom is -0.340 e. The molecule has 0 aliphatic heterocycles. The van der Waals surface area contributed by atoms with Gasteiger partial charge < -0.3 is 5.32 Å². The van der Waals surface area contributed by atoms with E-state index in [1.54, 1.807) is 11.3 Å². The Morgan fingerprint density at radius 1 is 0.955 bits per heavy atom. The number of hydrogen-bond acceptors (Lipinski definition) is 2. The molecule has 0 aliphatic carbocycles. The van der Waals surface area contributed by atoms with Gasteiger partial charge in [-0.3, -0.25) is 4.79 Å². The lowest BCUT2D eigenvalue weighted by molar-refractivity contribution is 0.0942. The van der Waals surface area contributed by atoms with Crippen LogP contribution in [0.15, 0.2) is 72.1 Å². The van der Waals surface area contributed by atoms with Crippen LogP contribution >= 0.6 is 33.9 Å². The van der Waals surface area contributed by atoms with Crippen molar-refractivity contribution in [2.45, 2.75) is 6.04 Å². The van der Waals surface area contributed by atoms with Crippen molar-refractivity contribution in [3.05, 3.63) is 91.7 Å². The third-order valence-corrected chi connectivity index (χ3v) is 5.23. The molecular formula is C18H14INOS. The highest BCUT2D eigenvalue weighted by Crippen LogP contribution is 2.26. The molecule has 22 heavy (non-hydrogen) atoms. The Balaban J connectivity index is 1.91. The molecule has 3 aromatic rings. The third kappa shape index (κ3) is 3.39. The largest absolute Gasteiger partial charge is 0.340 e. The summed E-state index contributed by atoms with van der Waals surface area (Å²) in [6.45, 7) is 0. The van der Waals surface area contributed by atoms with Gasteiger partial charge in [-0.25, -0.2) is 0 Å². The van der Waals surface area contributed by atoms with Crippen molar-refractivity contribution in [2.24, 2.45) is 0 Å². The highest BCUT2D eigenvalue weighted by Gasteiger charge is 2.19. The van der Waals surface area contributed by atoms with Crippen molar-refractivity contribution in [2.75, 3.05) is 0 Å². The molecule has 3 rings (SSSR count). The summed E-state index contributed by atoms with van der Waals surface area (Å²) < 4.78 is 0.954. The zero-order chi connectivity index (χ0) is 15.4. The predicted octanol–water partition coefficient (Wildman–Crippen LogP) is 4.87. The van der Waals surface area contributed by atoms with Gasteiger partial charge in [0.1, 0.15) is 0 Å². The molecule has 2 nitrogen and oxygen atoms in total. The summed E-state index contributed by atoms with van der Waals surface area (Å²) in [5, 5.41) is 5.19. The monoisotopic (exact) mass is 419 g/mol. The molecule has 2 aromatic carbocycles. The summed E-state index contributed by atoms with van der Waals surface area (Å²) in [7, 11) is 0. The maximum atomic E-state index is 12.6. The van der Waals surface area contributed by atoms with Crippen LogP contribution in [0.3, 0.4) is 0 Å². The van der Waals surface area contributed by atoms with Crippen LogP contribution in [0, 0.1) is 3.57 Å². The minimum absolute atomic E-state index is 0.0488. The van der Waals surface area contributed by atoms with Gasteiger partial charge in [0.2, 0.25) is 0 Å². The summed E-state index contributed by atoms with van der Waals surface area (Å²) in [6.07, 6.45) is 0. The number of carbonyl (C=O) groups excluding carboxylic acids is 1. The van der Waals surface area contributed by atoms with Gasteiger partial charge in [0, 0.05) is 8.45 Å². The van der Waals surface area contributed by atoms with Crippen LogP contribution in [0.1, 0.15) is 26.8 Å². The second kappa shape index (κ2) is 7.07. The normalized spacial score (nSPS) is 11.9. The van der Waals surface area contributed by atoms with E-state index < -0.39 is 0 Å². The van der Waals surface area contributed by atoms with E-state index in [0.29, 0.717) is 5.56 Å². The molecule has 0 radical (unpaired) electrons. The van der Waals surface area contributed by atoms with Gasteiger partial charge in [0.25, 0.3) is 5.91 Å². The van der Waals surface area contributed by atoms with Crippen LogP contribution in [0.4, 0.5) is 0 Å². The van der Waals surface area contributed by atoms with Crippen molar-refractivity contribution in [3.8, 4) is 0 Å². The number of benzene rings is 2. The average molecular weight is 419 g/mol. The second-order valence-electron chi connectivity index (χ2n) is 4.81. The zero-order valence-electron chi connectivity index (χ0n) is 11.7. The molecule has 0 aliphatic rings. The Morgan fingerprint density at radius 2 is 1.68 bits per heavy atom. The molecule has 1 amide bonds. The molecule has 1 N–H and O–H groups in total. The first-order chi connectivity index (χ1) is 10.8. The number of amides is 1. The highest BCUT2D eigenvalue weighted by atomic mass is 127. The van der Waals surface area contributed by atoms with E-state index in [2.05, 4.69) is 34.0 Å².